The number of likely N-dealkylation sites (tertiary alicyclic amines) is 1. The number of pyridine rings is 1. The molecule has 4 aromatic rings. The molecule has 0 spiro atoms. The highest BCUT2D eigenvalue weighted by atomic mass is 19.4. The highest BCUT2D eigenvalue weighted by Crippen LogP contribution is 2.33. The number of imide groups is 1. The number of benzene rings is 2. The third-order valence-electron chi connectivity index (χ3n) is 9.54. The first-order chi connectivity index (χ1) is 27.4. The van der Waals surface area contributed by atoms with E-state index in [2.05, 4.69) is 25.8 Å². The van der Waals surface area contributed by atoms with Gasteiger partial charge in [0.05, 0.1) is 63.6 Å². The van der Waals surface area contributed by atoms with Crippen LogP contribution in [-0.2, 0) is 20.4 Å². The number of nitrogens with one attached hydrogen (secondary N) is 3. The first-order valence-corrected chi connectivity index (χ1v) is 18.3. The molecule has 2 aromatic heterocycles. The molecule has 0 atom stereocenters. The molecule has 57 heavy (non-hydrogen) atoms. The van der Waals surface area contributed by atoms with E-state index in [0.29, 0.717) is 48.1 Å². The largest absolute Gasteiger partial charge is 0.495 e. The Hall–Kier alpha value is -5.79. The summed E-state index contributed by atoms with van der Waals surface area (Å²) in [6.07, 6.45) is -0.930. The highest BCUT2D eigenvalue weighted by Gasteiger charge is 2.33. The van der Waals surface area contributed by atoms with Crippen LogP contribution >= 0.6 is 0 Å². The maximum Gasteiger partial charge on any atom is 0.433 e. The maximum atomic E-state index is 13.1. The monoisotopic (exact) mass is 796 g/mol. The number of nitrogens with zero attached hydrogens (tertiary/aromatic N) is 5. The van der Waals surface area contributed by atoms with Crippen molar-refractivity contribution < 1.29 is 51.3 Å². The van der Waals surface area contributed by atoms with Crippen molar-refractivity contribution >= 4 is 46.0 Å². The van der Waals surface area contributed by atoms with Crippen molar-refractivity contribution in [1.82, 2.24) is 30.3 Å². The summed E-state index contributed by atoms with van der Waals surface area (Å²) in [4.78, 5) is 56.6. The van der Waals surface area contributed by atoms with Gasteiger partial charge in [0.25, 0.3) is 11.8 Å². The molecule has 19 heteroatoms. The first-order valence-electron chi connectivity index (χ1n) is 18.3. The van der Waals surface area contributed by atoms with Gasteiger partial charge >= 0.3 is 12.2 Å². The summed E-state index contributed by atoms with van der Waals surface area (Å²) in [5.74, 6) is -0.786. The fourth-order valence-electron chi connectivity index (χ4n) is 6.53. The van der Waals surface area contributed by atoms with E-state index in [4.69, 9.17) is 24.0 Å². The summed E-state index contributed by atoms with van der Waals surface area (Å²) in [5, 5.41) is 13.2. The van der Waals surface area contributed by atoms with Gasteiger partial charge in [0.2, 0.25) is 5.91 Å². The molecule has 2 aromatic carbocycles. The number of amides is 5. The molecule has 2 saturated heterocycles. The van der Waals surface area contributed by atoms with Crippen LogP contribution in [0, 0.1) is 0 Å². The summed E-state index contributed by atoms with van der Waals surface area (Å²) in [6, 6.07) is 10.8. The van der Waals surface area contributed by atoms with Gasteiger partial charge in [-0.15, -0.1) is 0 Å². The Morgan fingerprint density at radius 2 is 1.67 bits per heavy atom. The standard InChI is InChI=1S/C38H43F3N8O8/c1-54-31-7-6-24(21-30(31)48-14-10-34(50)45-37(48)53)35(51)42-11-16-56-18-19-57-17-15-47-12-8-26(9-13-47)49-23-25-20-29(32(55-2)22-28(25)46-49)44-36(52)27-4-3-5-33(43-27)38(39,40)41/h3-7,20-23,26H,8-19H2,1-2H3,(H,42,51)(H,44,52)(H,45,50,53). The van der Waals surface area contributed by atoms with Crippen LogP contribution in [0.25, 0.3) is 10.9 Å². The van der Waals surface area contributed by atoms with Gasteiger partial charge in [0, 0.05) is 62.4 Å². The van der Waals surface area contributed by atoms with Crippen molar-refractivity contribution in [3.8, 4) is 11.5 Å². The van der Waals surface area contributed by atoms with Gasteiger partial charge in [-0.05, 0) is 49.2 Å². The number of piperidine rings is 1. The molecular weight excluding hydrogens is 753 g/mol. The number of hydrogen-bond donors (Lipinski definition) is 3. The Morgan fingerprint density at radius 1 is 0.912 bits per heavy atom. The number of aromatic nitrogens is 3. The molecule has 2 aliphatic rings. The Balaban J connectivity index is 0.879. The van der Waals surface area contributed by atoms with Gasteiger partial charge in [-0.1, -0.05) is 6.07 Å². The summed E-state index contributed by atoms with van der Waals surface area (Å²) in [7, 11) is 2.89. The summed E-state index contributed by atoms with van der Waals surface area (Å²) >= 11 is 0. The van der Waals surface area contributed by atoms with Crippen molar-refractivity contribution in [3.05, 3.63) is 71.7 Å². The van der Waals surface area contributed by atoms with E-state index in [1.54, 1.807) is 30.3 Å². The van der Waals surface area contributed by atoms with Crippen LogP contribution in [0.15, 0.2) is 54.7 Å². The van der Waals surface area contributed by atoms with Crippen molar-refractivity contribution in [2.45, 2.75) is 31.5 Å². The van der Waals surface area contributed by atoms with Gasteiger partial charge in [0.15, 0.2) is 0 Å². The molecule has 0 bridgehead atoms. The van der Waals surface area contributed by atoms with Crippen LogP contribution in [0.1, 0.15) is 51.8 Å². The molecule has 16 nitrogen and oxygen atoms in total. The van der Waals surface area contributed by atoms with Crippen LogP contribution in [0.5, 0.6) is 11.5 Å². The van der Waals surface area contributed by atoms with E-state index >= 15 is 0 Å². The smallest absolute Gasteiger partial charge is 0.433 e. The Bertz CT molecular complexity index is 2090. The highest BCUT2D eigenvalue weighted by molar-refractivity contribution is 6.07. The zero-order valence-electron chi connectivity index (χ0n) is 31.4. The second-order valence-corrected chi connectivity index (χ2v) is 13.3. The van der Waals surface area contributed by atoms with E-state index < -0.39 is 23.8 Å². The average molecular weight is 797 g/mol. The normalized spacial score (nSPS) is 15.4. The lowest BCUT2D eigenvalue weighted by Gasteiger charge is -2.31. The minimum Gasteiger partial charge on any atom is -0.495 e. The SMILES string of the molecule is COc1cc2nn(C3CCN(CCOCCOCCNC(=O)c4ccc(OC)c(N5CCC(=O)NC5=O)c4)CC3)cc2cc1NC(=O)c1cccc(C(F)(F)F)n1. The van der Waals surface area contributed by atoms with Gasteiger partial charge in [-0.2, -0.15) is 18.3 Å². The lowest BCUT2D eigenvalue weighted by atomic mass is 10.1. The zero-order chi connectivity index (χ0) is 40.5. The van der Waals surface area contributed by atoms with Gasteiger partial charge in [-0.25, -0.2) is 9.78 Å². The Labute approximate surface area is 325 Å². The number of methoxy groups -OCH3 is 2. The van der Waals surface area contributed by atoms with E-state index in [0.717, 1.165) is 50.0 Å². The molecular formula is C38H43F3N8O8. The van der Waals surface area contributed by atoms with Crippen LogP contribution in [0.2, 0.25) is 0 Å². The van der Waals surface area contributed by atoms with Crippen molar-refractivity contribution in [2.75, 3.05) is 83.6 Å². The molecule has 6 rings (SSSR count). The Morgan fingerprint density at radius 3 is 2.39 bits per heavy atom. The number of alkyl halides is 3. The van der Waals surface area contributed by atoms with Crippen LogP contribution in [0.4, 0.5) is 29.3 Å². The molecule has 0 radical (unpaired) electrons. The lowest BCUT2D eigenvalue weighted by Crippen LogP contribution is -2.49. The van der Waals surface area contributed by atoms with Crippen LogP contribution in [0.3, 0.4) is 0 Å². The summed E-state index contributed by atoms with van der Waals surface area (Å²) < 4.78 is 63.4. The maximum absolute atomic E-state index is 13.1. The second-order valence-electron chi connectivity index (χ2n) is 13.3. The number of carbonyl (C=O) groups is 4. The molecule has 0 saturated carbocycles. The number of ether oxygens (including phenoxy) is 4. The molecule has 5 amide bonds. The molecule has 0 aliphatic carbocycles. The van der Waals surface area contributed by atoms with E-state index in [1.165, 1.54) is 25.2 Å². The minimum absolute atomic E-state index is 0.142. The predicted molar refractivity (Wildman–Crippen MR) is 201 cm³/mol. The third-order valence-corrected chi connectivity index (χ3v) is 9.54. The van der Waals surface area contributed by atoms with Gasteiger partial charge < -0.3 is 34.5 Å². The molecule has 2 fully saturated rings. The van der Waals surface area contributed by atoms with Gasteiger partial charge in [-0.3, -0.25) is 29.3 Å². The molecule has 304 valence electrons. The van der Waals surface area contributed by atoms with Crippen molar-refractivity contribution in [2.24, 2.45) is 0 Å². The molecule has 3 N–H and O–H groups in total. The van der Waals surface area contributed by atoms with Gasteiger partial charge in [0.1, 0.15) is 22.9 Å². The number of hydrogen-bond acceptors (Lipinski definition) is 11. The number of carbonyl (C=O) groups excluding carboxylic acids is 4. The lowest BCUT2D eigenvalue weighted by molar-refractivity contribution is -0.141. The first kappa shape index (κ1) is 40.9. The molecule has 4 heterocycles. The molecule has 2 aliphatic heterocycles. The van der Waals surface area contributed by atoms with Crippen LogP contribution < -0.4 is 30.3 Å². The number of halogens is 3. The summed E-state index contributed by atoms with van der Waals surface area (Å²) in [6.45, 7) is 4.46. The fraction of sp³-hybridized carbons (Fsp3) is 0.421. The molecule has 0 unspecified atom stereocenters. The topological polar surface area (TPSA) is 178 Å². The van der Waals surface area contributed by atoms with E-state index in [1.807, 2.05) is 10.9 Å². The minimum atomic E-state index is -4.68. The Kier molecular flexibility index (Phi) is 13.2. The van der Waals surface area contributed by atoms with E-state index in [-0.39, 0.29) is 55.4 Å². The van der Waals surface area contributed by atoms with E-state index in [9.17, 15) is 32.3 Å². The number of urea groups is 1. The second kappa shape index (κ2) is 18.4. The average Bonchev–Trinajstić information content (AvgIpc) is 3.62. The van der Waals surface area contributed by atoms with Crippen molar-refractivity contribution in [1.29, 1.82) is 0 Å². The van der Waals surface area contributed by atoms with Crippen LogP contribution in [-0.4, -0.2) is 117 Å². The summed E-state index contributed by atoms with van der Waals surface area (Å²) in [5.41, 5.74) is 0.131. The predicted octanol–water partition coefficient (Wildman–Crippen LogP) is 4.27. The fourth-order valence-corrected chi connectivity index (χ4v) is 6.53. The van der Waals surface area contributed by atoms with Crippen molar-refractivity contribution in [3.63, 3.8) is 0 Å². The third kappa shape index (κ3) is 10.3. The number of rotatable bonds is 16. The number of fused-ring (bicyclic) bond motifs is 1. The zero-order valence-corrected chi connectivity index (χ0v) is 31.4. The number of anilines is 2. The quantitative estimate of drug-likeness (QED) is 0.138.